The lowest BCUT2D eigenvalue weighted by Crippen LogP contribution is -2.48. The zero-order valence-corrected chi connectivity index (χ0v) is 18.0. The lowest BCUT2D eigenvalue weighted by atomic mass is 10.1. The fourth-order valence-corrected chi connectivity index (χ4v) is 4.44. The van der Waals surface area contributed by atoms with Crippen LogP contribution in [0.3, 0.4) is 0 Å². The number of nitrogens with one attached hydrogen (secondary N) is 1. The van der Waals surface area contributed by atoms with Crippen molar-refractivity contribution < 1.29 is 22.7 Å². The third kappa shape index (κ3) is 4.94. The van der Waals surface area contributed by atoms with Crippen molar-refractivity contribution in [3.05, 3.63) is 53.1 Å². The van der Waals surface area contributed by atoms with Gasteiger partial charge in [0.2, 0.25) is 15.9 Å². The summed E-state index contributed by atoms with van der Waals surface area (Å²) in [5.74, 6) is 0.868. The molecule has 0 unspecified atom stereocenters. The molecule has 2 aromatic rings. The minimum absolute atomic E-state index is 0.354. The molecule has 0 fully saturated rings. The number of benzene rings is 2. The molecule has 0 bridgehead atoms. The largest absolute Gasteiger partial charge is 0.486 e. The van der Waals surface area contributed by atoms with E-state index in [0.717, 1.165) is 16.1 Å². The lowest BCUT2D eigenvalue weighted by molar-refractivity contribution is -0.122. The van der Waals surface area contributed by atoms with Crippen molar-refractivity contribution in [1.82, 2.24) is 5.32 Å². The number of hydrogen-bond acceptors (Lipinski definition) is 5. The highest BCUT2D eigenvalue weighted by molar-refractivity contribution is 7.92. The molecule has 0 radical (unpaired) electrons. The second-order valence-electron chi connectivity index (χ2n) is 6.84. The van der Waals surface area contributed by atoms with E-state index in [0.29, 0.717) is 35.4 Å². The predicted molar refractivity (Wildman–Crippen MR) is 112 cm³/mol. The van der Waals surface area contributed by atoms with E-state index in [1.54, 1.807) is 37.3 Å². The smallest absolute Gasteiger partial charge is 0.244 e. The van der Waals surface area contributed by atoms with Gasteiger partial charge >= 0.3 is 0 Å². The molecular formula is C20H23ClN2O5S. The van der Waals surface area contributed by atoms with Crippen molar-refractivity contribution >= 4 is 33.2 Å². The molecule has 1 aliphatic heterocycles. The SMILES string of the molecule is C[C@H](NC(=O)[C@@H](C)N(c1ccc(Cl)cc1)S(C)(=O)=O)c1ccc2c(c1)OCCO2. The number of carbonyl (C=O) groups excluding carboxylic acids is 1. The monoisotopic (exact) mass is 438 g/mol. The fraction of sp³-hybridized carbons (Fsp3) is 0.350. The molecule has 0 aliphatic carbocycles. The van der Waals surface area contributed by atoms with Gasteiger partial charge < -0.3 is 14.8 Å². The molecule has 29 heavy (non-hydrogen) atoms. The normalized spacial score (nSPS) is 15.3. The van der Waals surface area contributed by atoms with Crippen LogP contribution < -0.4 is 19.1 Å². The van der Waals surface area contributed by atoms with Gasteiger partial charge in [0.1, 0.15) is 19.3 Å². The summed E-state index contributed by atoms with van der Waals surface area (Å²) in [5, 5.41) is 3.35. The zero-order chi connectivity index (χ0) is 21.2. The Kier molecular flexibility index (Phi) is 6.24. The maximum atomic E-state index is 12.8. The van der Waals surface area contributed by atoms with E-state index in [1.807, 2.05) is 19.1 Å². The Labute approximate surface area is 175 Å². The van der Waals surface area contributed by atoms with Crippen LogP contribution in [-0.4, -0.2) is 39.8 Å². The number of carbonyl (C=O) groups is 1. The van der Waals surface area contributed by atoms with Crippen LogP contribution in [0, 0.1) is 0 Å². The van der Waals surface area contributed by atoms with Gasteiger partial charge in [-0.05, 0) is 55.8 Å². The maximum absolute atomic E-state index is 12.8. The van der Waals surface area contributed by atoms with Crippen molar-refractivity contribution in [2.75, 3.05) is 23.8 Å². The number of halogens is 1. The summed E-state index contributed by atoms with van der Waals surface area (Å²) in [6.07, 6.45) is 1.07. The third-order valence-corrected chi connectivity index (χ3v) is 6.09. The van der Waals surface area contributed by atoms with Gasteiger partial charge in [-0.1, -0.05) is 17.7 Å². The van der Waals surface area contributed by atoms with Crippen LogP contribution in [0.5, 0.6) is 11.5 Å². The van der Waals surface area contributed by atoms with E-state index in [-0.39, 0.29) is 6.04 Å². The molecule has 1 amide bonds. The molecule has 1 aliphatic rings. The number of amides is 1. The summed E-state index contributed by atoms with van der Waals surface area (Å²) in [6.45, 7) is 4.34. The van der Waals surface area contributed by atoms with Gasteiger partial charge in [-0.2, -0.15) is 0 Å². The average Bonchev–Trinajstić information content (AvgIpc) is 2.68. The maximum Gasteiger partial charge on any atom is 0.244 e. The summed E-state index contributed by atoms with van der Waals surface area (Å²) in [7, 11) is -3.69. The van der Waals surface area contributed by atoms with Crippen LogP contribution in [0.1, 0.15) is 25.5 Å². The standard InChI is InChI=1S/C20H23ClN2O5S/c1-13(15-4-9-18-19(12-15)28-11-10-27-18)22-20(24)14(2)23(29(3,25)26)17-7-5-16(21)6-8-17/h4-9,12-14H,10-11H2,1-3H3,(H,22,24)/t13-,14+/m0/s1. The highest BCUT2D eigenvalue weighted by atomic mass is 35.5. The molecule has 1 heterocycles. The molecule has 0 saturated carbocycles. The van der Waals surface area contributed by atoms with Gasteiger partial charge in [-0.15, -0.1) is 0 Å². The minimum atomic E-state index is -3.69. The molecule has 3 rings (SSSR count). The minimum Gasteiger partial charge on any atom is -0.486 e. The summed E-state index contributed by atoms with van der Waals surface area (Å²) in [5.41, 5.74) is 1.19. The summed E-state index contributed by atoms with van der Waals surface area (Å²) < 4.78 is 36.9. The van der Waals surface area contributed by atoms with Crippen LogP contribution in [0.25, 0.3) is 0 Å². The number of ether oxygens (including phenoxy) is 2. The first-order valence-electron chi connectivity index (χ1n) is 9.11. The van der Waals surface area contributed by atoms with E-state index in [1.165, 1.54) is 0 Å². The van der Waals surface area contributed by atoms with Crippen LogP contribution in [0.15, 0.2) is 42.5 Å². The molecular weight excluding hydrogens is 416 g/mol. The van der Waals surface area contributed by atoms with E-state index < -0.39 is 22.0 Å². The Morgan fingerprint density at radius 3 is 2.31 bits per heavy atom. The van der Waals surface area contributed by atoms with Gasteiger partial charge in [-0.25, -0.2) is 8.42 Å². The number of nitrogens with zero attached hydrogens (tertiary/aromatic N) is 1. The van der Waals surface area contributed by atoms with Crippen LogP contribution in [-0.2, 0) is 14.8 Å². The van der Waals surface area contributed by atoms with Crippen molar-refractivity contribution in [1.29, 1.82) is 0 Å². The summed E-state index contributed by atoms with van der Waals surface area (Å²) in [4.78, 5) is 12.8. The Bertz CT molecular complexity index is 994. The first-order valence-corrected chi connectivity index (χ1v) is 11.3. The number of fused-ring (bicyclic) bond motifs is 1. The average molecular weight is 439 g/mol. The van der Waals surface area contributed by atoms with Gasteiger partial charge in [0.25, 0.3) is 0 Å². The Morgan fingerprint density at radius 1 is 1.07 bits per heavy atom. The Morgan fingerprint density at radius 2 is 1.69 bits per heavy atom. The molecule has 7 nitrogen and oxygen atoms in total. The molecule has 2 atom stereocenters. The van der Waals surface area contributed by atoms with E-state index in [9.17, 15) is 13.2 Å². The first-order chi connectivity index (χ1) is 13.7. The van der Waals surface area contributed by atoms with Crippen molar-refractivity contribution in [2.24, 2.45) is 0 Å². The van der Waals surface area contributed by atoms with Crippen LogP contribution >= 0.6 is 11.6 Å². The summed E-state index contributed by atoms with van der Waals surface area (Å²) >= 11 is 5.89. The molecule has 2 aromatic carbocycles. The van der Waals surface area contributed by atoms with Crippen LogP contribution in [0.4, 0.5) is 5.69 Å². The zero-order valence-electron chi connectivity index (χ0n) is 16.4. The van der Waals surface area contributed by atoms with Gasteiger partial charge in [0.15, 0.2) is 11.5 Å². The number of sulfonamides is 1. The van der Waals surface area contributed by atoms with Crippen molar-refractivity contribution in [3.63, 3.8) is 0 Å². The van der Waals surface area contributed by atoms with E-state index in [4.69, 9.17) is 21.1 Å². The predicted octanol–water partition coefficient (Wildman–Crippen LogP) is 3.14. The number of hydrogen-bond donors (Lipinski definition) is 1. The van der Waals surface area contributed by atoms with E-state index >= 15 is 0 Å². The molecule has 0 aromatic heterocycles. The van der Waals surface area contributed by atoms with E-state index in [2.05, 4.69) is 5.32 Å². The molecule has 156 valence electrons. The topological polar surface area (TPSA) is 84.9 Å². The second-order valence-corrected chi connectivity index (χ2v) is 9.14. The van der Waals surface area contributed by atoms with Gasteiger partial charge in [0.05, 0.1) is 18.0 Å². The molecule has 9 heteroatoms. The van der Waals surface area contributed by atoms with Crippen molar-refractivity contribution in [2.45, 2.75) is 25.9 Å². The molecule has 1 N–H and O–H groups in total. The number of anilines is 1. The molecule has 0 saturated heterocycles. The second kappa shape index (κ2) is 8.51. The highest BCUT2D eigenvalue weighted by Crippen LogP contribution is 2.32. The highest BCUT2D eigenvalue weighted by Gasteiger charge is 2.30. The lowest BCUT2D eigenvalue weighted by Gasteiger charge is -2.29. The van der Waals surface area contributed by atoms with Crippen LogP contribution in [0.2, 0.25) is 5.02 Å². The third-order valence-electron chi connectivity index (χ3n) is 4.59. The Hall–Kier alpha value is -2.45. The number of rotatable bonds is 6. The fourth-order valence-electron chi connectivity index (χ4n) is 3.14. The van der Waals surface area contributed by atoms with Crippen molar-refractivity contribution in [3.8, 4) is 11.5 Å². The quantitative estimate of drug-likeness (QED) is 0.748. The van der Waals surface area contributed by atoms with Gasteiger partial charge in [-0.3, -0.25) is 9.10 Å². The van der Waals surface area contributed by atoms with Gasteiger partial charge in [0, 0.05) is 5.02 Å². The first kappa shape index (κ1) is 21.3. The summed E-state index contributed by atoms with van der Waals surface area (Å²) in [6, 6.07) is 10.4. The Balaban J connectivity index is 1.78. The molecule has 0 spiro atoms.